The molecule has 2 aromatic rings. The molecule has 8 nitrogen and oxygen atoms in total. The number of hydrogen-bond donors (Lipinski definition) is 1. The Balaban J connectivity index is 1.30. The molecule has 0 radical (unpaired) electrons. The van der Waals surface area contributed by atoms with Crippen LogP contribution in [-0.2, 0) is 10.0 Å². The molecule has 2 bridgehead atoms. The Bertz CT molecular complexity index is 1030. The summed E-state index contributed by atoms with van der Waals surface area (Å²) in [6.45, 7) is 1.88. The number of aromatic nitrogens is 2. The highest BCUT2D eigenvalue weighted by molar-refractivity contribution is 7.89. The summed E-state index contributed by atoms with van der Waals surface area (Å²) in [5.41, 5.74) is 1.23. The van der Waals surface area contributed by atoms with E-state index in [2.05, 4.69) is 15.5 Å². The number of rotatable bonds is 5. The van der Waals surface area contributed by atoms with Crippen molar-refractivity contribution in [1.82, 2.24) is 19.8 Å². The van der Waals surface area contributed by atoms with Crippen molar-refractivity contribution >= 4 is 15.9 Å². The molecular weight excluding hydrogens is 404 g/mol. The number of fused-ring (bicyclic) bond motifs is 2. The van der Waals surface area contributed by atoms with Gasteiger partial charge < -0.3 is 9.84 Å². The zero-order valence-electron chi connectivity index (χ0n) is 17.0. The number of amides is 1. The largest absolute Gasteiger partial charge is 0.360 e. The van der Waals surface area contributed by atoms with E-state index in [4.69, 9.17) is 4.52 Å². The fraction of sp³-hybridized carbons (Fsp3) is 0.571. The smallest absolute Gasteiger partial charge is 0.273 e. The number of nitrogens with zero attached hydrogens (tertiary/aromatic N) is 3. The van der Waals surface area contributed by atoms with Crippen LogP contribution < -0.4 is 5.32 Å². The molecule has 0 aromatic carbocycles. The third kappa shape index (κ3) is 3.65. The van der Waals surface area contributed by atoms with Gasteiger partial charge in [0.1, 0.15) is 5.76 Å². The zero-order valence-corrected chi connectivity index (χ0v) is 17.8. The van der Waals surface area contributed by atoms with Crippen LogP contribution in [0.5, 0.6) is 0 Å². The van der Waals surface area contributed by atoms with E-state index in [0.29, 0.717) is 24.5 Å². The number of carbonyl (C=O) groups excluding carboxylic acids is 1. The Morgan fingerprint density at radius 3 is 2.53 bits per heavy atom. The number of sulfonamides is 1. The van der Waals surface area contributed by atoms with Crippen LogP contribution >= 0.6 is 0 Å². The molecule has 9 heteroatoms. The van der Waals surface area contributed by atoms with E-state index in [9.17, 15) is 13.2 Å². The number of aryl methyl sites for hydroxylation is 1. The first-order valence-corrected chi connectivity index (χ1v) is 12.1. The lowest BCUT2D eigenvalue weighted by molar-refractivity contribution is 0.0789. The van der Waals surface area contributed by atoms with Crippen LogP contribution in [0.1, 0.15) is 72.7 Å². The second-order valence-electron chi connectivity index (χ2n) is 8.78. The maximum atomic E-state index is 13.3. The molecule has 2 aromatic heterocycles. The highest BCUT2D eigenvalue weighted by atomic mass is 32.2. The van der Waals surface area contributed by atoms with Crippen LogP contribution in [0.15, 0.2) is 33.9 Å². The van der Waals surface area contributed by atoms with Gasteiger partial charge in [0.2, 0.25) is 0 Å². The number of hydrogen-bond acceptors (Lipinski definition) is 6. The van der Waals surface area contributed by atoms with E-state index in [-0.39, 0.29) is 29.1 Å². The second-order valence-corrected chi connectivity index (χ2v) is 10.6. The summed E-state index contributed by atoms with van der Waals surface area (Å²) in [5, 5.41) is 7.07. The molecule has 2 aliphatic heterocycles. The molecule has 1 aliphatic carbocycles. The van der Waals surface area contributed by atoms with Crippen molar-refractivity contribution in [2.24, 2.45) is 0 Å². The lowest BCUT2D eigenvalue weighted by Crippen LogP contribution is -2.58. The van der Waals surface area contributed by atoms with E-state index < -0.39 is 10.0 Å². The molecule has 4 heterocycles. The summed E-state index contributed by atoms with van der Waals surface area (Å²) in [5.74, 6) is 0.941. The average molecular weight is 431 g/mol. The van der Waals surface area contributed by atoms with Crippen molar-refractivity contribution in [3.8, 4) is 0 Å². The third-order valence-corrected chi connectivity index (χ3v) is 8.33. The first kappa shape index (κ1) is 19.7. The predicted octanol–water partition coefficient (Wildman–Crippen LogP) is 2.76. The molecule has 2 saturated heterocycles. The molecule has 2 unspecified atom stereocenters. The minimum absolute atomic E-state index is 0.0775. The molecule has 1 amide bonds. The van der Waals surface area contributed by atoms with Crippen LogP contribution in [0.25, 0.3) is 0 Å². The SMILES string of the molecule is Cc1ccc(S(=O)(=O)N2C3CCC[C@@H]2CC(NC(=O)c2cc(C4CC4)on2)C3)nc1. The Kier molecular flexibility index (Phi) is 4.89. The van der Waals surface area contributed by atoms with Crippen LogP contribution in [-0.4, -0.2) is 46.9 Å². The summed E-state index contributed by atoms with van der Waals surface area (Å²) in [6.07, 6.45) is 7.54. The summed E-state index contributed by atoms with van der Waals surface area (Å²) in [7, 11) is -3.66. The van der Waals surface area contributed by atoms with Gasteiger partial charge in [0.25, 0.3) is 15.9 Å². The van der Waals surface area contributed by atoms with E-state index in [1.807, 2.05) is 6.92 Å². The van der Waals surface area contributed by atoms with Crippen molar-refractivity contribution in [2.45, 2.75) is 80.9 Å². The van der Waals surface area contributed by atoms with Gasteiger partial charge in [-0.2, -0.15) is 4.31 Å². The van der Waals surface area contributed by atoms with Crippen LogP contribution in [0.4, 0.5) is 0 Å². The molecule has 1 N–H and O–H groups in total. The topological polar surface area (TPSA) is 105 Å². The molecule has 30 heavy (non-hydrogen) atoms. The minimum atomic E-state index is -3.66. The molecular formula is C21H26N4O4S. The second kappa shape index (κ2) is 7.46. The van der Waals surface area contributed by atoms with Gasteiger partial charge in [-0.05, 0) is 57.1 Å². The third-order valence-electron chi connectivity index (χ3n) is 6.41. The minimum Gasteiger partial charge on any atom is -0.360 e. The van der Waals surface area contributed by atoms with Gasteiger partial charge in [-0.15, -0.1) is 0 Å². The molecule has 1 saturated carbocycles. The fourth-order valence-corrected chi connectivity index (χ4v) is 6.59. The Morgan fingerprint density at radius 2 is 1.90 bits per heavy atom. The number of pyridine rings is 1. The van der Waals surface area contributed by atoms with Gasteiger partial charge in [0, 0.05) is 36.3 Å². The van der Waals surface area contributed by atoms with E-state index in [0.717, 1.165) is 43.4 Å². The number of nitrogens with one attached hydrogen (secondary N) is 1. The van der Waals surface area contributed by atoms with Crippen LogP contribution in [0.3, 0.4) is 0 Å². The van der Waals surface area contributed by atoms with Gasteiger partial charge in [-0.1, -0.05) is 17.6 Å². The molecule has 3 fully saturated rings. The van der Waals surface area contributed by atoms with Gasteiger partial charge in [0.05, 0.1) is 0 Å². The number of piperidine rings is 2. The Labute approximate surface area is 176 Å². The van der Waals surface area contributed by atoms with Gasteiger partial charge in [-0.3, -0.25) is 4.79 Å². The molecule has 3 aliphatic rings. The van der Waals surface area contributed by atoms with Crippen molar-refractivity contribution in [3.05, 3.63) is 41.4 Å². The van der Waals surface area contributed by atoms with Crippen LogP contribution in [0.2, 0.25) is 0 Å². The lowest BCUT2D eigenvalue weighted by atomic mass is 9.84. The van der Waals surface area contributed by atoms with E-state index in [1.54, 1.807) is 28.7 Å². The summed E-state index contributed by atoms with van der Waals surface area (Å²) < 4.78 is 33.5. The highest BCUT2D eigenvalue weighted by Crippen LogP contribution is 2.40. The average Bonchev–Trinajstić information content (AvgIpc) is 3.44. The van der Waals surface area contributed by atoms with Crippen molar-refractivity contribution in [1.29, 1.82) is 0 Å². The molecule has 160 valence electrons. The highest BCUT2D eigenvalue weighted by Gasteiger charge is 2.45. The standard InChI is InChI=1S/C21H26N4O4S/c1-13-5-8-20(22-12-13)30(27,28)25-16-3-2-4-17(25)10-15(9-16)23-21(26)18-11-19(29-24-18)14-6-7-14/h5,8,11-12,14-17H,2-4,6-7,9-10H2,1H3,(H,23,26)/t15?,16-,17?/m1/s1. The van der Waals surface area contributed by atoms with Crippen LogP contribution in [0, 0.1) is 6.92 Å². The van der Waals surface area contributed by atoms with E-state index in [1.165, 1.54) is 0 Å². The maximum absolute atomic E-state index is 13.3. The lowest BCUT2D eigenvalue weighted by Gasteiger charge is -2.47. The molecule has 0 spiro atoms. The van der Waals surface area contributed by atoms with E-state index >= 15 is 0 Å². The molecule has 5 rings (SSSR count). The summed E-state index contributed by atoms with van der Waals surface area (Å²) in [6, 6.07) is 4.75. The maximum Gasteiger partial charge on any atom is 0.273 e. The summed E-state index contributed by atoms with van der Waals surface area (Å²) >= 11 is 0. The van der Waals surface area contributed by atoms with Gasteiger partial charge in [-0.25, -0.2) is 13.4 Å². The van der Waals surface area contributed by atoms with Crippen molar-refractivity contribution < 1.29 is 17.7 Å². The van der Waals surface area contributed by atoms with Crippen molar-refractivity contribution in [2.75, 3.05) is 0 Å². The summed E-state index contributed by atoms with van der Waals surface area (Å²) in [4.78, 5) is 16.8. The van der Waals surface area contributed by atoms with Gasteiger partial charge >= 0.3 is 0 Å². The Hall–Kier alpha value is -2.26. The number of carbonyl (C=O) groups is 1. The molecule has 3 atom stereocenters. The predicted molar refractivity (Wildman–Crippen MR) is 108 cm³/mol. The zero-order chi connectivity index (χ0) is 20.9. The fourth-order valence-electron chi connectivity index (χ4n) is 4.78. The quantitative estimate of drug-likeness (QED) is 0.782. The normalized spacial score (nSPS) is 27.0. The first-order valence-electron chi connectivity index (χ1n) is 10.7. The first-order chi connectivity index (χ1) is 14.4. The van der Waals surface area contributed by atoms with Gasteiger partial charge in [0.15, 0.2) is 10.7 Å². The van der Waals surface area contributed by atoms with Crippen molar-refractivity contribution in [3.63, 3.8) is 0 Å². The monoisotopic (exact) mass is 430 g/mol. The Morgan fingerprint density at radius 1 is 1.17 bits per heavy atom.